The van der Waals surface area contributed by atoms with Crippen molar-refractivity contribution in [2.75, 3.05) is 0 Å². The Labute approximate surface area is 181 Å². The molecule has 1 heterocycles. The fourth-order valence-electron chi connectivity index (χ4n) is 3.51. The van der Waals surface area contributed by atoms with Gasteiger partial charge in [0.25, 0.3) is 5.91 Å². The van der Waals surface area contributed by atoms with Gasteiger partial charge in [-0.1, -0.05) is 41.9 Å². The van der Waals surface area contributed by atoms with E-state index in [4.69, 9.17) is 16.0 Å². The smallest absolute Gasteiger partial charge is 0.290 e. The molecule has 1 unspecified atom stereocenters. The monoisotopic (exact) mass is 443 g/mol. The summed E-state index contributed by atoms with van der Waals surface area (Å²) in [5.41, 5.74) is 0.984. The Hall–Kier alpha value is -2.57. The highest BCUT2D eigenvalue weighted by molar-refractivity contribution is 7.90. The van der Waals surface area contributed by atoms with Gasteiger partial charge in [-0.3, -0.25) is 4.79 Å². The molecular weight excluding hydrogens is 422 g/mol. The SMILES string of the molecule is CC(c1ccc(Cl)cc1)N(C(=O)c1ccc(CS(=O)(=O)c2ccccc2)o1)C1CC1. The van der Waals surface area contributed by atoms with Crippen molar-refractivity contribution in [3.63, 3.8) is 0 Å². The molecule has 1 aromatic heterocycles. The van der Waals surface area contributed by atoms with Crippen LogP contribution < -0.4 is 0 Å². The standard InChI is InChI=1S/C23H22ClNO4S/c1-16(17-7-9-18(24)10-8-17)25(19-11-12-19)23(26)22-14-13-20(29-22)15-30(27,28)21-5-3-2-4-6-21/h2-10,13-14,16,19H,11-12,15H2,1H3. The predicted octanol–water partition coefficient (Wildman–Crippen LogP) is 5.27. The lowest BCUT2D eigenvalue weighted by molar-refractivity contribution is 0.0639. The number of carbonyl (C=O) groups excluding carboxylic acids is 1. The van der Waals surface area contributed by atoms with Crippen LogP contribution in [-0.2, 0) is 15.6 Å². The average molecular weight is 444 g/mol. The number of rotatable bonds is 7. The van der Waals surface area contributed by atoms with Crippen molar-refractivity contribution in [3.05, 3.63) is 88.8 Å². The zero-order chi connectivity index (χ0) is 21.3. The zero-order valence-electron chi connectivity index (χ0n) is 16.5. The Morgan fingerprint density at radius 3 is 2.37 bits per heavy atom. The van der Waals surface area contributed by atoms with E-state index in [2.05, 4.69) is 0 Å². The van der Waals surface area contributed by atoms with E-state index in [1.54, 1.807) is 42.5 Å². The van der Waals surface area contributed by atoms with Crippen molar-refractivity contribution in [2.24, 2.45) is 0 Å². The number of benzene rings is 2. The summed E-state index contributed by atoms with van der Waals surface area (Å²) in [5, 5.41) is 0.644. The number of hydrogen-bond acceptors (Lipinski definition) is 4. The first kappa shape index (κ1) is 20.7. The molecule has 0 spiro atoms. The highest BCUT2D eigenvalue weighted by Crippen LogP contribution is 2.36. The van der Waals surface area contributed by atoms with Crippen LogP contribution in [0.25, 0.3) is 0 Å². The Balaban J connectivity index is 1.54. The number of furan rings is 1. The van der Waals surface area contributed by atoms with Crippen LogP contribution >= 0.6 is 11.6 Å². The summed E-state index contributed by atoms with van der Waals surface area (Å²) >= 11 is 5.98. The van der Waals surface area contributed by atoms with E-state index in [1.807, 2.05) is 36.1 Å². The van der Waals surface area contributed by atoms with Crippen molar-refractivity contribution in [2.45, 2.75) is 42.5 Å². The van der Waals surface area contributed by atoms with Gasteiger partial charge in [-0.25, -0.2) is 8.42 Å². The number of sulfone groups is 1. The largest absolute Gasteiger partial charge is 0.455 e. The minimum Gasteiger partial charge on any atom is -0.455 e. The number of hydrogen-bond donors (Lipinski definition) is 0. The molecule has 0 bridgehead atoms. The molecule has 7 heteroatoms. The number of amides is 1. The van der Waals surface area contributed by atoms with Crippen molar-refractivity contribution in [1.29, 1.82) is 0 Å². The van der Waals surface area contributed by atoms with E-state index in [1.165, 1.54) is 0 Å². The summed E-state index contributed by atoms with van der Waals surface area (Å²) in [6.45, 7) is 1.98. The summed E-state index contributed by atoms with van der Waals surface area (Å²) in [7, 11) is -3.54. The second-order valence-corrected chi connectivity index (χ2v) is 9.94. The maximum absolute atomic E-state index is 13.2. The Bertz CT molecular complexity index is 1140. The first-order valence-corrected chi connectivity index (χ1v) is 11.8. The van der Waals surface area contributed by atoms with Crippen molar-refractivity contribution >= 4 is 27.3 Å². The number of nitrogens with zero attached hydrogens (tertiary/aromatic N) is 1. The van der Waals surface area contributed by atoms with Crippen LogP contribution in [0.5, 0.6) is 0 Å². The van der Waals surface area contributed by atoms with E-state index < -0.39 is 9.84 Å². The highest BCUT2D eigenvalue weighted by atomic mass is 35.5. The van der Waals surface area contributed by atoms with Crippen LogP contribution in [0.1, 0.15) is 47.7 Å². The molecule has 156 valence electrons. The van der Waals surface area contributed by atoms with Crippen LogP contribution in [0.15, 0.2) is 76.0 Å². The predicted molar refractivity (Wildman–Crippen MR) is 115 cm³/mol. The van der Waals surface area contributed by atoms with E-state index in [-0.39, 0.29) is 40.2 Å². The van der Waals surface area contributed by atoms with Gasteiger partial charge in [0.1, 0.15) is 11.5 Å². The third-order valence-electron chi connectivity index (χ3n) is 5.25. The van der Waals surface area contributed by atoms with Crippen LogP contribution in [-0.4, -0.2) is 25.3 Å². The molecule has 1 aliphatic carbocycles. The van der Waals surface area contributed by atoms with Gasteiger partial charge < -0.3 is 9.32 Å². The summed E-state index contributed by atoms with van der Waals surface area (Å²) in [4.78, 5) is 15.3. The first-order chi connectivity index (χ1) is 14.3. The molecule has 1 saturated carbocycles. The van der Waals surface area contributed by atoms with Crippen molar-refractivity contribution in [1.82, 2.24) is 4.90 Å². The molecule has 1 amide bonds. The second kappa shape index (κ2) is 8.28. The Morgan fingerprint density at radius 1 is 1.07 bits per heavy atom. The van der Waals surface area contributed by atoms with Gasteiger partial charge in [-0.2, -0.15) is 0 Å². The topological polar surface area (TPSA) is 67.6 Å². The first-order valence-electron chi connectivity index (χ1n) is 9.80. The highest BCUT2D eigenvalue weighted by Gasteiger charge is 2.38. The molecule has 3 aromatic rings. The molecule has 4 rings (SSSR count). The van der Waals surface area contributed by atoms with Crippen LogP contribution in [0, 0.1) is 0 Å². The molecule has 1 fully saturated rings. The lowest BCUT2D eigenvalue weighted by Gasteiger charge is -2.29. The Morgan fingerprint density at radius 2 is 1.73 bits per heavy atom. The molecule has 30 heavy (non-hydrogen) atoms. The van der Waals surface area contributed by atoms with Gasteiger partial charge >= 0.3 is 0 Å². The third-order valence-corrected chi connectivity index (χ3v) is 7.16. The molecule has 0 N–H and O–H groups in total. The molecule has 5 nitrogen and oxygen atoms in total. The zero-order valence-corrected chi connectivity index (χ0v) is 18.1. The second-order valence-electron chi connectivity index (χ2n) is 7.51. The van der Waals surface area contributed by atoms with Gasteiger partial charge in [-0.05, 0) is 61.7 Å². The third kappa shape index (κ3) is 4.45. The maximum atomic E-state index is 13.2. The van der Waals surface area contributed by atoms with Gasteiger partial charge in [-0.15, -0.1) is 0 Å². The van der Waals surface area contributed by atoms with Gasteiger partial charge in [0, 0.05) is 11.1 Å². The lowest BCUT2D eigenvalue weighted by Crippen LogP contribution is -2.35. The van der Waals surface area contributed by atoms with Gasteiger partial charge in [0.05, 0.1) is 10.9 Å². The van der Waals surface area contributed by atoms with E-state index in [0.29, 0.717) is 5.02 Å². The summed E-state index contributed by atoms with van der Waals surface area (Å²) in [6.07, 6.45) is 1.89. The van der Waals surface area contributed by atoms with Crippen LogP contribution in [0.2, 0.25) is 5.02 Å². The fraction of sp³-hybridized carbons (Fsp3) is 0.261. The summed E-state index contributed by atoms with van der Waals surface area (Å²) in [5.74, 6) is -0.123. The lowest BCUT2D eigenvalue weighted by atomic mass is 10.1. The number of carbonyl (C=O) groups is 1. The molecule has 1 atom stereocenters. The minimum absolute atomic E-state index is 0.149. The number of halogens is 1. The van der Waals surface area contributed by atoms with E-state index >= 15 is 0 Å². The Kier molecular flexibility index (Phi) is 5.71. The summed E-state index contributed by atoms with van der Waals surface area (Å²) < 4.78 is 30.9. The van der Waals surface area contributed by atoms with Crippen molar-refractivity contribution < 1.29 is 17.6 Å². The summed E-state index contributed by atoms with van der Waals surface area (Å²) in [6, 6.07) is 18.8. The van der Waals surface area contributed by atoms with E-state index in [0.717, 1.165) is 18.4 Å². The molecule has 1 aliphatic rings. The van der Waals surface area contributed by atoms with E-state index in [9.17, 15) is 13.2 Å². The quantitative estimate of drug-likeness (QED) is 0.498. The molecule has 0 saturated heterocycles. The van der Waals surface area contributed by atoms with Crippen molar-refractivity contribution in [3.8, 4) is 0 Å². The average Bonchev–Trinajstić information content (AvgIpc) is 3.46. The molecule has 0 radical (unpaired) electrons. The van der Waals surface area contributed by atoms with Crippen LogP contribution in [0.3, 0.4) is 0 Å². The fourth-order valence-corrected chi connectivity index (χ4v) is 4.90. The van der Waals surface area contributed by atoms with Gasteiger partial charge in [0.2, 0.25) is 0 Å². The molecule has 2 aromatic carbocycles. The van der Waals surface area contributed by atoms with Gasteiger partial charge in [0.15, 0.2) is 15.6 Å². The van der Waals surface area contributed by atoms with Crippen LogP contribution in [0.4, 0.5) is 0 Å². The minimum atomic E-state index is -3.54. The molecule has 0 aliphatic heterocycles. The molecular formula is C23H22ClNO4S. The maximum Gasteiger partial charge on any atom is 0.290 e. The normalized spacial score (nSPS) is 15.0.